The molecule has 0 saturated carbocycles. The molecule has 4 heterocycles. The zero-order chi connectivity index (χ0) is 8.46. The standard InChI is InChI=1S/C9H14O3/c1-3-6-4(2)8-9(11-6)5(10)7(3)12-8/h3-10H,1-2H3/t3?,4?,5-,6?,7-,8+,9+/m0/s1. The number of hydrogen-bond acceptors (Lipinski definition) is 3. The van der Waals surface area contributed by atoms with Gasteiger partial charge in [0.2, 0.25) is 0 Å². The van der Waals surface area contributed by atoms with Gasteiger partial charge in [0.05, 0.1) is 18.3 Å². The van der Waals surface area contributed by atoms with Gasteiger partial charge in [0.1, 0.15) is 12.2 Å². The molecule has 4 saturated heterocycles. The van der Waals surface area contributed by atoms with Crippen LogP contribution in [0.2, 0.25) is 0 Å². The quantitative estimate of drug-likeness (QED) is 0.563. The molecule has 3 nitrogen and oxygen atoms in total. The van der Waals surface area contributed by atoms with Gasteiger partial charge in [-0.05, 0) is 0 Å². The lowest BCUT2D eigenvalue weighted by atomic mass is 9.87. The smallest absolute Gasteiger partial charge is 0.113 e. The van der Waals surface area contributed by atoms with Gasteiger partial charge in [-0.15, -0.1) is 0 Å². The second kappa shape index (κ2) is 2.03. The third kappa shape index (κ3) is 0.605. The van der Waals surface area contributed by atoms with E-state index in [0.717, 1.165) is 0 Å². The van der Waals surface area contributed by atoms with Crippen molar-refractivity contribution in [2.24, 2.45) is 11.8 Å². The lowest BCUT2D eigenvalue weighted by Gasteiger charge is -2.37. The molecule has 0 aliphatic carbocycles. The Bertz CT molecular complexity index is 188. The molecule has 3 heteroatoms. The van der Waals surface area contributed by atoms with Crippen LogP contribution in [0.4, 0.5) is 0 Å². The Morgan fingerprint density at radius 1 is 0.833 bits per heavy atom. The van der Waals surface area contributed by atoms with Crippen molar-refractivity contribution in [3.05, 3.63) is 0 Å². The highest BCUT2D eigenvalue weighted by atomic mass is 16.6. The van der Waals surface area contributed by atoms with E-state index in [-0.39, 0.29) is 24.4 Å². The van der Waals surface area contributed by atoms with Gasteiger partial charge in [0.15, 0.2) is 0 Å². The maximum absolute atomic E-state index is 9.74. The van der Waals surface area contributed by atoms with Crippen molar-refractivity contribution in [1.82, 2.24) is 0 Å². The summed E-state index contributed by atoms with van der Waals surface area (Å²) in [4.78, 5) is 0. The van der Waals surface area contributed by atoms with Crippen molar-refractivity contribution < 1.29 is 14.6 Å². The second-order valence-corrected chi connectivity index (χ2v) is 4.34. The summed E-state index contributed by atoms with van der Waals surface area (Å²) in [6, 6.07) is 0. The molecule has 4 aliphatic heterocycles. The molecule has 4 rings (SSSR count). The van der Waals surface area contributed by atoms with Crippen molar-refractivity contribution >= 4 is 0 Å². The van der Waals surface area contributed by atoms with Crippen molar-refractivity contribution in [2.75, 3.05) is 0 Å². The summed E-state index contributed by atoms with van der Waals surface area (Å²) < 4.78 is 11.4. The third-order valence-electron chi connectivity index (χ3n) is 3.70. The molecule has 0 radical (unpaired) electrons. The summed E-state index contributed by atoms with van der Waals surface area (Å²) in [7, 11) is 0. The van der Waals surface area contributed by atoms with Crippen LogP contribution in [-0.2, 0) is 9.47 Å². The fourth-order valence-corrected chi connectivity index (χ4v) is 3.02. The first-order chi connectivity index (χ1) is 5.70. The Hall–Kier alpha value is -0.120. The SMILES string of the molecule is CC1C2O[C@@H]3[C@@H](O)[C@@H](O[C@H]13)C2C. The average molecular weight is 170 g/mol. The van der Waals surface area contributed by atoms with E-state index in [1.165, 1.54) is 0 Å². The molecular weight excluding hydrogens is 156 g/mol. The number of rotatable bonds is 0. The van der Waals surface area contributed by atoms with Gasteiger partial charge in [-0.1, -0.05) is 13.8 Å². The summed E-state index contributed by atoms with van der Waals surface area (Å²) in [6.07, 6.45) is 0.0979. The van der Waals surface area contributed by atoms with Gasteiger partial charge in [0, 0.05) is 11.8 Å². The molecule has 1 N–H and O–H groups in total. The van der Waals surface area contributed by atoms with E-state index < -0.39 is 0 Å². The second-order valence-electron chi connectivity index (χ2n) is 4.34. The molecule has 7 atom stereocenters. The Morgan fingerprint density at radius 3 is 2.08 bits per heavy atom. The fraction of sp³-hybridized carbons (Fsp3) is 1.00. The molecule has 0 aromatic carbocycles. The van der Waals surface area contributed by atoms with E-state index in [9.17, 15) is 5.11 Å². The lowest BCUT2D eigenvalue weighted by molar-refractivity contribution is -0.149. The van der Waals surface area contributed by atoms with Gasteiger partial charge >= 0.3 is 0 Å². The Balaban J connectivity index is 2.01. The monoisotopic (exact) mass is 170 g/mol. The summed E-state index contributed by atoms with van der Waals surface area (Å²) in [5, 5.41) is 9.74. The Morgan fingerprint density at radius 2 is 1.42 bits per heavy atom. The van der Waals surface area contributed by atoms with Crippen LogP contribution < -0.4 is 0 Å². The maximum atomic E-state index is 9.74. The fourth-order valence-electron chi connectivity index (χ4n) is 3.02. The number of hydrogen-bond donors (Lipinski definition) is 1. The summed E-state index contributed by atoms with van der Waals surface area (Å²) in [5.41, 5.74) is 0. The maximum Gasteiger partial charge on any atom is 0.113 e. The lowest BCUT2D eigenvalue weighted by Crippen LogP contribution is -2.47. The topological polar surface area (TPSA) is 38.7 Å². The van der Waals surface area contributed by atoms with Gasteiger partial charge < -0.3 is 14.6 Å². The molecule has 4 aliphatic rings. The van der Waals surface area contributed by atoms with Gasteiger partial charge in [-0.3, -0.25) is 0 Å². The van der Waals surface area contributed by atoms with E-state index in [4.69, 9.17) is 9.47 Å². The molecule has 68 valence electrons. The zero-order valence-corrected chi connectivity index (χ0v) is 7.31. The number of aliphatic hydroxyl groups excluding tert-OH is 1. The minimum atomic E-state index is -0.383. The first kappa shape index (κ1) is 7.30. The third-order valence-corrected chi connectivity index (χ3v) is 3.70. The van der Waals surface area contributed by atoms with Crippen LogP contribution in [0.25, 0.3) is 0 Å². The molecule has 12 heavy (non-hydrogen) atoms. The molecule has 4 fully saturated rings. The Kier molecular flexibility index (Phi) is 1.23. The van der Waals surface area contributed by atoms with Crippen LogP contribution in [0, 0.1) is 11.8 Å². The molecule has 0 spiro atoms. The minimum Gasteiger partial charge on any atom is -0.388 e. The van der Waals surface area contributed by atoms with E-state index in [0.29, 0.717) is 17.9 Å². The molecule has 0 aromatic rings. The van der Waals surface area contributed by atoms with E-state index in [1.807, 2.05) is 0 Å². The van der Waals surface area contributed by atoms with Crippen LogP contribution in [0.15, 0.2) is 0 Å². The molecule has 0 aromatic heterocycles. The molecular formula is C9H14O3. The highest BCUT2D eigenvalue weighted by Gasteiger charge is 2.63. The van der Waals surface area contributed by atoms with Crippen LogP contribution >= 0.6 is 0 Å². The minimum absolute atomic E-state index is 0.0359. The Labute approximate surface area is 71.7 Å². The average Bonchev–Trinajstić information content (AvgIpc) is 2.43. The predicted octanol–water partition coefficient (Wildman–Crippen LogP) is 0.168. The predicted molar refractivity (Wildman–Crippen MR) is 41.7 cm³/mol. The highest BCUT2D eigenvalue weighted by Crippen LogP contribution is 2.49. The first-order valence-electron chi connectivity index (χ1n) is 4.69. The van der Waals surface area contributed by atoms with Crippen molar-refractivity contribution in [2.45, 2.75) is 44.4 Å². The van der Waals surface area contributed by atoms with Crippen molar-refractivity contribution in [3.63, 3.8) is 0 Å². The van der Waals surface area contributed by atoms with Crippen LogP contribution in [0.5, 0.6) is 0 Å². The van der Waals surface area contributed by atoms with Crippen molar-refractivity contribution in [1.29, 1.82) is 0 Å². The molecule has 4 bridgehead atoms. The van der Waals surface area contributed by atoms with Crippen molar-refractivity contribution in [3.8, 4) is 0 Å². The van der Waals surface area contributed by atoms with Crippen LogP contribution in [0.3, 0.4) is 0 Å². The normalized spacial score (nSPS) is 67.8. The number of aliphatic hydroxyl groups is 1. The highest BCUT2D eigenvalue weighted by molar-refractivity contribution is 5.09. The molecule has 3 unspecified atom stereocenters. The number of ether oxygens (including phenoxy) is 2. The van der Waals surface area contributed by atoms with E-state index >= 15 is 0 Å². The van der Waals surface area contributed by atoms with Gasteiger partial charge in [0.25, 0.3) is 0 Å². The van der Waals surface area contributed by atoms with Gasteiger partial charge in [-0.2, -0.15) is 0 Å². The van der Waals surface area contributed by atoms with E-state index in [1.54, 1.807) is 0 Å². The summed E-state index contributed by atoms with van der Waals surface area (Å²) in [6.45, 7) is 4.26. The first-order valence-corrected chi connectivity index (χ1v) is 4.69. The van der Waals surface area contributed by atoms with E-state index in [2.05, 4.69) is 13.8 Å². The van der Waals surface area contributed by atoms with Crippen LogP contribution in [0.1, 0.15) is 13.8 Å². The van der Waals surface area contributed by atoms with Crippen LogP contribution in [-0.4, -0.2) is 35.6 Å². The summed E-state index contributed by atoms with van der Waals surface area (Å²) >= 11 is 0. The largest absolute Gasteiger partial charge is 0.388 e. The summed E-state index contributed by atoms with van der Waals surface area (Å²) in [5.74, 6) is 0.809. The zero-order valence-electron chi connectivity index (χ0n) is 7.31. The molecule has 0 amide bonds. The van der Waals surface area contributed by atoms with Gasteiger partial charge in [-0.25, -0.2) is 0 Å².